The molecule has 0 bridgehead atoms. The molecule has 1 N–H and O–H groups in total. The summed E-state index contributed by atoms with van der Waals surface area (Å²) < 4.78 is 22.9. The van der Waals surface area contributed by atoms with Crippen molar-refractivity contribution in [3.63, 3.8) is 0 Å². The van der Waals surface area contributed by atoms with Gasteiger partial charge in [0.25, 0.3) is 0 Å². The molecule has 0 saturated carbocycles. The number of sulfone groups is 1. The average Bonchev–Trinajstić information content (AvgIpc) is 2.46. The molecule has 1 aliphatic heterocycles. The first-order chi connectivity index (χ1) is 9.91. The van der Waals surface area contributed by atoms with Crippen LogP contribution in [0.25, 0.3) is 0 Å². The molecule has 0 aliphatic carbocycles. The number of likely N-dealkylation sites (tertiary alicyclic amines) is 1. The number of nitrogens with one attached hydrogen (secondary N) is 1. The zero-order valence-corrected chi connectivity index (χ0v) is 13.3. The number of piperidine rings is 1. The molecule has 1 aromatic rings. The van der Waals surface area contributed by atoms with E-state index in [2.05, 4.69) is 10.2 Å². The summed E-state index contributed by atoms with van der Waals surface area (Å²) in [5.41, 5.74) is 1.03. The van der Waals surface area contributed by atoms with Crippen molar-refractivity contribution in [2.24, 2.45) is 0 Å². The first kappa shape index (κ1) is 16.0. The lowest BCUT2D eigenvalue weighted by molar-refractivity contribution is -0.127. The minimum absolute atomic E-state index is 0.0578. The van der Waals surface area contributed by atoms with Crippen molar-refractivity contribution in [1.29, 1.82) is 0 Å². The fourth-order valence-electron chi connectivity index (χ4n) is 2.72. The van der Waals surface area contributed by atoms with Crippen molar-refractivity contribution in [3.05, 3.63) is 29.8 Å². The third-order valence-electron chi connectivity index (χ3n) is 3.90. The molecule has 0 aromatic heterocycles. The van der Waals surface area contributed by atoms with E-state index in [0.717, 1.165) is 31.4 Å². The van der Waals surface area contributed by atoms with Gasteiger partial charge in [0.15, 0.2) is 9.84 Å². The van der Waals surface area contributed by atoms with Gasteiger partial charge in [-0.3, -0.25) is 9.69 Å². The number of benzene rings is 1. The predicted octanol–water partition coefficient (Wildman–Crippen LogP) is 1.19. The van der Waals surface area contributed by atoms with Gasteiger partial charge in [-0.1, -0.05) is 18.6 Å². The van der Waals surface area contributed by atoms with Gasteiger partial charge in [0.2, 0.25) is 5.91 Å². The molecule has 21 heavy (non-hydrogen) atoms. The highest BCUT2D eigenvalue weighted by Gasteiger charge is 2.27. The average molecular weight is 310 g/mol. The molecule has 1 saturated heterocycles. The van der Waals surface area contributed by atoms with Crippen LogP contribution in [-0.4, -0.2) is 45.1 Å². The summed E-state index contributed by atoms with van der Waals surface area (Å²) in [5.74, 6) is 0.0578. The van der Waals surface area contributed by atoms with Crippen molar-refractivity contribution >= 4 is 15.7 Å². The molecular weight excluding hydrogens is 288 g/mol. The van der Waals surface area contributed by atoms with Crippen LogP contribution in [-0.2, 0) is 21.2 Å². The highest BCUT2D eigenvalue weighted by atomic mass is 32.2. The van der Waals surface area contributed by atoms with Crippen molar-refractivity contribution in [2.75, 3.05) is 19.8 Å². The van der Waals surface area contributed by atoms with Gasteiger partial charge in [-0.15, -0.1) is 0 Å². The van der Waals surface area contributed by atoms with Crippen LogP contribution < -0.4 is 5.32 Å². The van der Waals surface area contributed by atoms with Crippen LogP contribution in [0.4, 0.5) is 0 Å². The van der Waals surface area contributed by atoms with E-state index in [1.165, 1.54) is 6.26 Å². The number of likely N-dealkylation sites (N-methyl/N-ethyl adjacent to an activating group) is 1. The summed E-state index contributed by atoms with van der Waals surface area (Å²) >= 11 is 0. The van der Waals surface area contributed by atoms with Crippen molar-refractivity contribution in [1.82, 2.24) is 10.2 Å². The lowest BCUT2D eigenvalue weighted by Gasteiger charge is -2.34. The Morgan fingerprint density at radius 2 is 1.95 bits per heavy atom. The van der Waals surface area contributed by atoms with Crippen LogP contribution in [0.1, 0.15) is 24.8 Å². The number of carbonyl (C=O) groups is 1. The first-order valence-corrected chi connectivity index (χ1v) is 9.05. The number of nitrogens with zero attached hydrogens (tertiary/aromatic N) is 1. The summed E-state index contributed by atoms with van der Waals surface area (Å²) in [6.45, 7) is 1.56. The topological polar surface area (TPSA) is 66.5 Å². The van der Waals surface area contributed by atoms with E-state index in [1.807, 2.05) is 12.1 Å². The molecule has 1 fully saturated rings. The molecule has 1 atom stereocenters. The minimum Gasteiger partial charge on any atom is -0.358 e. The summed E-state index contributed by atoms with van der Waals surface area (Å²) in [4.78, 5) is 14.4. The second-order valence-corrected chi connectivity index (χ2v) is 7.53. The predicted molar refractivity (Wildman–Crippen MR) is 81.7 cm³/mol. The highest BCUT2D eigenvalue weighted by molar-refractivity contribution is 7.90. The highest BCUT2D eigenvalue weighted by Crippen LogP contribution is 2.20. The third kappa shape index (κ3) is 4.04. The van der Waals surface area contributed by atoms with Gasteiger partial charge in [-0.05, 0) is 37.1 Å². The molecule has 2 rings (SSSR count). The molecule has 0 radical (unpaired) electrons. The molecular formula is C15H22N2O3S. The Labute approximate surface area is 126 Å². The van der Waals surface area contributed by atoms with E-state index in [-0.39, 0.29) is 11.9 Å². The molecule has 116 valence electrons. The maximum Gasteiger partial charge on any atom is 0.237 e. The van der Waals surface area contributed by atoms with E-state index in [4.69, 9.17) is 0 Å². The maximum absolute atomic E-state index is 11.9. The standard InChI is InChI=1S/C15H22N2O3S/c1-16-15(18)14-5-3-4-10-17(14)11-12-6-8-13(9-7-12)21(2,19)20/h6-9,14H,3-5,10-11H2,1-2H3,(H,16,18)/t14-/m0/s1. The normalized spacial score (nSPS) is 20.2. The van der Waals surface area contributed by atoms with Gasteiger partial charge in [-0.25, -0.2) is 8.42 Å². The minimum atomic E-state index is -3.16. The fourth-order valence-corrected chi connectivity index (χ4v) is 3.35. The Morgan fingerprint density at radius 1 is 1.29 bits per heavy atom. The Bertz CT molecular complexity index is 596. The van der Waals surface area contributed by atoms with E-state index in [1.54, 1.807) is 19.2 Å². The lowest BCUT2D eigenvalue weighted by Crippen LogP contribution is -2.48. The maximum atomic E-state index is 11.9. The molecule has 0 unspecified atom stereocenters. The number of carbonyl (C=O) groups excluding carboxylic acids is 1. The van der Waals surface area contributed by atoms with E-state index in [9.17, 15) is 13.2 Å². The largest absolute Gasteiger partial charge is 0.358 e. The van der Waals surface area contributed by atoms with E-state index in [0.29, 0.717) is 11.4 Å². The van der Waals surface area contributed by atoms with Crippen LogP contribution in [0, 0.1) is 0 Å². The Morgan fingerprint density at radius 3 is 2.52 bits per heavy atom. The lowest BCUT2D eigenvalue weighted by atomic mass is 10.0. The second kappa shape index (κ2) is 6.58. The molecule has 6 heteroatoms. The zero-order valence-electron chi connectivity index (χ0n) is 12.5. The summed E-state index contributed by atoms with van der Waals surface area (Å²) in [7, 11) is -1.50. The summed E-state index contributed by atoms with van der Waals surface area (Å²) in [5, 5.41) is 2.72. The number of rotatable bonds is 4. The van der Waals surface area contributed by atoms with Gasteiger partial charge in [-0.2, -0.15) is 0 Å². The summed E-state index contributed by atoms with van der Waals surface area (Å²) in [6.07, 6.45) is 4.24. The van der Waals surface area contributed by atoms with Crippen LogP contribution >= 0.6 is 0 Å². The third-order valence-corrected chi connectivity index (χ3v) is 5.03. The molecule has 1 aliphatic rings. The van der Waals surface area contributed by atoms with Crippen molar-refractivity contribution in [2.45, 2.75) is 36.7 Å². The first-order valence-electron chi connectivity index (χ1n) is 7.16. The molecule has 1 aromatic carbocycles. The Hall–Kier alpha value is -1.40. The van der Waals surface area contributed by atoms with E-state index < -0.39 is 9.84 Å². The van der Waals surface area contributed by atoms with Gasteiger partial charge in [0, 0.05) is 19.8 Å². The number of amides is 1. The fraction of sp³-hybridized carbons (Fsp3) is 0.533. The summed E-state index contributed by atoms with van der Waals surface area (Å²) in [6, 6.07) is 6.82. The molecule has 0 spiro atoms. The number of hydrogen-bond donors (Lipinski definition) is 1. The Balaban J connectivity index is 2.10. The molecule has 1 amide bonds. The molecule has 1 heterocycles. The second-order valence-electron chi connectivity index (χ2n) is 5.51. The van der Waals surface area contributed by atoms with E-state index >= 15 is 0 Å². The van der Waals surface area contributed by atoms with Gasteiger partial charge >= 0.3 is 0 Å². The van der Waals surface area contributed by atoms with Crippen molar-refractivity contribution < 1.29 is 13.2 Å². The quantitative estimate of drug-likeness (QED) is 0.907. The van der Waals surface area contributed by atoms with Gasteiger partial charge < -0.3 is 5.32 Å². The van der Waals surface area contributed by atoms with Crippen molar-refractivity contribution in [3.8, 4) is 0 Å². The molecule has 5 nitrogen and oxygen atoms in total. The van der Waals surface area contributed by atoms with Crippen LogP contribution in [0.2, 0.25) is 0 Å². The SMILES string of the molecule is CNC(=O)[C@@H]1CCCCN1Cc1ccc(S(C)(=O)=O)cc1. The smallest absolute Gasteiger partial charge is 0.237 e. The monoisotopic (exact) mass is 310 g/mol. The van der Waals surface area contributed by atoms with Crippen LogP contribution in [0.5, 0.6) is 0 Å². The van der Waals surface area contributed by atoms with Gasteiger partial charge in [0.05, 0.1) is 10.9 Å². The number of hydrogen-bond acceptors (Lipinski definition) is 4. The van der Waals surface area contributed by atoms with Gasteiger partial charge in [0.1, 0.15) is 0 Å². The van der Waals surface area contributed by atoms with Crippen LogP contribution in [0.3, 0.4) is 0 Å². The van der Waals surface area contributed by atoms with Crippen LogP contribution in [0.15, 0.2) is 29.2 Å². The Kier molecular flexibility index (Phi) is 5.00. The zero-order chi connectivity index (χ0) is 15.5.